The second kappa shape index (κ2) is 5.70. The zero-order chi connectivity index (χ0) is 14.9. The number of thiazole rings is 1. The highest BCUT2D eigenvalue weighted by molar-refractivity contribution is 7.91. The summed E-state index contributed by atoms with van der Waals surface area (Å²) >= 11 is 1.01. The fourth-order valence-electron chi connectivity index (χ4n) is 2.30. The van der Waals surface area contributed by atoms with Gasteiger partial charge in [0, 0.05) is 13.0 Å². The lowest BCUT2D eigenvalue weighted by molar-refractivity contribution is 0.599. The van der Waals surface area contributed by atoms with Crippen molar-refractivity contribution in [3.05, 3.63) is 17.8 Å². The smallest absolute Gasteiger partial charge is 0.249 e. The maximum atomic E-state index is 11.2. The van der Waals surface area contributed by atoms with Crippen LogP contribution in [0.3, 0.4) is 0 Å². The number of nitrogens with one attached hydrogen (secondary N) is 1. The maximum absolute atomic E-state index is 11.2. The van der Waals surface area contributed by atoms with Crippen LogP contribution in [-0.4, -0.2) is 28.2 Å². The topological polar surface area (TPSA) is 116 Å². The minimum absolute atomic E-state index is 0.0464. The van der Waals surface area contributed by atoms with Gasteiger partial charge in [0.05, 0.1) is 12.7 Å². The van der Waals surface area contributed by atoms with Gasteiger partial charge < -0.3 is 9.88 Å². The van der Waals surface area contributed by atoms with Gasteiger partial charge in [-0.2, -0.15) is 0 Å². The van der Waals surface area contributed by atoms with Gasteiger partial charge in [-0.1, -0.05) is 17.8 Å². The highest BCUT2D eigenvalue weighted by Crippen LogP contribution is 2.22. The zero-order valence-electron chi connectivity index (χ0n) is 11.3. The molecule has 0 saturated heterocycles. The highest BCUT2D eigenvalue weighted by Gasteiger charge is 2.16. The molecule has 1 aliphatic rings. The van der Waals surface area contributed by atoms with E-state index in [0.29, 0.717) is 11.7 Å². The first-order valence-corrected chi connectivity index (χ1v) is 9.04. The fraction of sp³-hybridized carbons (Fsp3) is 0.545. The largest absolute Gasteiger partial charge is 0.354 e. The Kier molecular flexibility index (Phi) is 3.91. The van der Waals surface area contributed by atoms with Gasteiger partial charge in [-0.25, -0.2) is 18.5 Å². The highest BCUT2D eigenvalue weighted by atomic mass is 32.2. The molecule has 8 nitrogen and oxygen atoms in total. The number of anilines is 1. The predicted molar refractivity (Wildman–Crippen MR) is 78.4 cm³/mol. The number of hydrogen-bond acceptors (Lipinski definition) is 7. The first-order chi connectivity index (χ1) is 10.0. The number of sulfonamides is 1. The van der Waals surface area contributed by atoms with Crippen LogP contribution in [0, 0.1) is 0 Å². The Morgan fingerprint density at radius 2 is 2.19 bits per heavy atom. The van der Waals surface area contributed by atoms with Crippen LogP contribution in [0.15, 0.2) is 10.4 Å². The summed E-state index contributed by atoms with van der Waals surface area (Å²) in [6.45, 7) is 1.39. The molecule has 114 valence electrons. The summed E-state index contributed by atoms with van der Waals surface area (Å²) in [5.74, 6) is 1.87. The number of nitrogens with zero attached hydrogens (tertiary/aromatic N) is 4. The summed E-state index contributed by atoms with van der Waals surface area (Å²) in [5, 5.41) is 17.0. The molecule has 2 aromatic rings. The summed E-state index contributed by atoms with van der Waals surface area (Å²) in [6, 6.07) is 0. The molecular formula is C11H16N6O2S2. The number of fused-ring (bicyclic) bond motifs is 1. The van der Waals surface area contributed by atoms with Gasteiger partial charge in [-0.05, 0) is 12.8 Å². The van der Waals surface area contributed by atoms with Crippen LogP contribution >= 0.6 is 11.3 Å². The Labute approximate surface area is 126 Å². The molecule has 0 fully saturated rings. The van der Waals surface area contributed by atoms with Crippen LogP contribution in [0.1, 0.15) is 30.9 Å². The molecule has 21 heavy (non-hydrogen) atoms. The van der Waals surface area contributed by atoms with Crippen molar-refractivity contribution in [3.8, 4) is 0 Å². The Bertz CT molecular complexity index is 736. The van der Waals surface area contributed by atoms with Crippen LogP contribution in [0.5, 0.6) is 0 Å². The van der Waals surface area contributed by atoms with Crippen molar-refractivity contribution < 1.29 is 8.42 Å². The molecule has 0 saturated carbocycles. The van der Waals surface area contributed by atoms with Crippen LogP contribution in [-0.2, 0) is 29.5 Å². The van der Waals surface area contributed by atoms with Gasteiger partial charge in [0.25, 0.3) is 0 Å². The quantitative estimate of drug-likeness (QED) is 0.854. The molecule has 1 aliphatic heterocycles. The molecule has 0 aliphatic carbocycles. The van der Waals surface area contributed by atoms with Gasteiger partial charge in [0.2, 0.25) is 10.0 Å². The summed E-state index contributed by atoms with van der Waals surface area (Å²) in [7, 11) is -3.69. The summed E-state index contributed by atoms with van der Waals surface area (Å²) in [5.41, 5.74) is 0. The Morgan fingerprint density at radius 3 is 2.95 bits per heavy atom. The van der Waals surface area contributed by atoms with E-state index in [1.54, 1.807) is 0 Å². The second-order valence-corrected chi connectivity index (χ2v) is 7.70. The van der Waals surface area contributed by atoms with E-state index in [0.717, 1.165) is 48.8 Å². The van der Waals surface area contributed by atoms with Crippen molar-refractivity contribution >= 4 is 26.5 Å². The van der Waals surface area contributed by atoms with Gasteiger partial charge >= 0.3 is 0 Å². The SMILES string of the molecule is NS(=O)(=O)c1cnc(NCc2nnc3n2CCCCC3)s1. The van der Waals surface area contributed by atoms with E-state index in [-0.39, 0.29) is 4.21 Å². The van der Waals surface area contributed by atoms with Gasteiger partial charge in [0.1, 0.15) is 5.82 Å². The number of primary sulfonamides is 1. The van der Waals surface area contributed by atoms with Crippen molar-refractivity contribution in [2.75, 3.05) is 5.32 Å². The maximum Gasteiger partial charge on any atom is 0.249 e. The van der Waals surface area contributed by atoms with Crippen molar-refractivity contribution in [1.29, 1.82) is 0 Å². The number of aromatic nitrogens is 4. The van der Waals surface area contributed by atoms with Crippen molar-refractivity contribution in [3.63, 3.8) is 0 Å². The van der Waals surface area contributed by atoms with E-state index < -0.39 is 10.0 Å². The third-order valence-electron chi connectivity index (χ3n) is 3.35. The van der Waals surface area contributed by atoms with Crippen molar-refractivity contribution in [1.82, 2.24) is 19.7 Å². The number of aryl methyl sites for hydroxylation is 1. The number of rotatable bonds is 4. The normalized spacial score (nSPS) is 15.5. The Balaban J connectivity index is 1.71. The van der Waals surface area contributed by atoms with E-state index in [9.17, 15) is 8.42 Å². The predicted octanol–water partition coefficient (Wildman–Crippen LogP) is 0.720. The summed E-state index contributed by atoms with van der Waals surface area (Å²) < 4.78 is 24.6. The van der Waals surface area contributed by atoms with Crippen LogP contribution in [0.2, 0.25) is 0 Å². The molecule has 0 atom stereocenters. The van der Waals surface area contributed by atoms with Crippen molar-refractivity contribution in [2.45, 2.75) is 43.0 Å². The van der Waals surface area contributed by atoms with Crippen LogP contribution in [0.4, 0.5) is 5.13 Å². The monoisotopic (exact) mass is 328 g/mol. The molecule has 0 spiro atoms. The summed E-state index contributed by atoms with van der Waals surface area (Å²) in [6.07, 6.45) is 5.70. The first-order valence-electron chi connectivity index (χ1n) is 6.67. The number of hydrogen-bond donors (Lipinski definition) is 2. The third-order valence-corrected chi connectivity index (χ3v) is 5.71. The molecule has 0 amide bonds. The van der Waals surface area contributed by atoms with E-state index in [2.05, 4.69) is 25.1 Å². The minimum atomic E-state index is -3.69. The molecular weight excluding hydrogens is 312 g/mol. The lowest BCUT2D eigenvalue weighted by Gasteiger charge is -2.07. The zero-order valence-corrected chi connectivity index (χ0v) is 13.0. The standard InChI is InChI=1S/C11H16N6O2S2/c12-21(18,19)10-7-14-11(20-10)13-6-9-16-15-8-4-2-1-3-5-17(8)9/h7H,1-6H2,(H,13,14)(H2,12,18,19). The average Bonchev–Trinajstić information content (AvgIpc) is 2.98. The molecule has 10 heteroatoms. The second-order valence-electron chi connectivity index (χ2n) is 4.88. The lowest BCUT2D eigenvalue weighted by Crippen LogP contribution is -2.10. The van der Waals surface area contributed by atoms with Gasteiger partial charge in [-0.15, -0.1) is 10.2 Å². The first kappa shape index (κ1) is 14.4. The van der Waals surface area contributed by atoms with Crippen LogP contribution in [0.25, 0.3) is 0 Å². The number of nitrogens with two attached hydrogens (primary N) is 1. The van der Waals surface area contributed by atoms with Gasteiger partial charge in [0.15, 0.2) is 15.2 Å². The summed E-state index contributed by atoms with van der Waals surface area (Å²) in [4.78, 5) is 4.00. The van der Waals surface area contributed by atoms with E-state index in [1.807, 2.05) is 0 Å². The lowest BCUT2D eigenvalue weighted by atomic mass is 10.2. The molecule has 0 radical (unpaired) electrons. The van der Waals surface area contributed by atoms with Gasteiger partial charge in [-0.3, -0.25) is 0 Å². The Morgan fingerprint density at radius 1 is 1.33 bits per heavy atom. The fourth-order valence-corrected chi connectivity index (χ4v) is 3.75. The average molecular weight is 328 g/mol. The third kappa shape index (κ3) is 3.22. The van der Waals surface area contributed by atoms with E-state index >= 15 is 0 Å². The Hall–Kier alpha value is -1.52. The molecule has 0 aromatic carbocycles. The molecule has 2 aromatic heterocycles. The molecule has 3 rings (SSSR count). The molecule has 3 heterocycles. The molecule has 0 unspecified atom stereocenters. The van der Waals surface area contributed by atoms with E-state index in [4.69, 9.17) is 5.14 Å². The molecule has 0 bridgehead atoms. The molecule has 3 N–H and O–H groups in total. The van der Waals surface area contributed by atoms with E-state index in [1.165, 1.54) is 12.6 Å². The minimum Gasteiger partial charge on any atom is -0.354 e. The van der Waals surface area contributed by atoms with Crippen molar-refractivity contribution in [2.24, 2.45) is 5.14 Å². The van der Waals surface area contributed by atoms with Crippen LogP contribution < -0.4 is 10.5 Å².